The lowest BCUT2D eigenvalue weighted by Gasteiger charge is -2.05. The average Bonchev–Trinajstić information content (AvgIpc) is 2.97. The molecule has 0 saturated heterocycles. The van der Waals surface area contributed by atoms with E-state index in [2.05, 4.69) is 15.9 Å². The number of Topliss-reactive ketones (excluding diaryl/α,β-unsaturated/α-hetero) is 1. The quantitative estimate of drug-likeness (QED) is 0.750. The van der Waals surface area contributed by atoms with Crippen LogP contribution >= 0.6 is 15.9 Å². The lowest BCUT2D eigenvalue weighted by molar-refractivity contribution is 0.0937. The predicted octanol–water partition coefficient (Wildman–Crippen LogP) is 4.96. The molecule has 1 aliphatic carbocycles. The van der Waals surface area contributed by atoms with Crippen molar-refractivity contribution in [2.24, 2.45) is 5.92 Å². The van der Waals surface area contributed by atoms with Crippen LogP contribution in [0.4, 0.5) is 0 Å². The molecule has 0 bridgehead atoms. The van der Waals surface area contributed by atoms with E-state index in [4.69, 9.17) is 4.42 Å². The molecule has 1 saturated carbocycles. The van der Waals surface area contributed by atoms with Gasteiger partial charge in [0.1, 0.15) is 5.58 Å². The van der Waals surface area contributed by atoms with Crippen LogP contribution in [0.15, 0.2) is 33.2 Å². The van der Waals surface area contributed by atoms with Gasteiger partial charge in [0.15, 0.2) is 11.5 Å². The van der Waals surface area contributed by atoms with E-state index in [0.29, 0.717) is 18.1 Å². The van der Waals surface area contributed by atoms with Gasteiger partial charge in [0.05, 0.1) is 4.47 Å². The molecule has 0 spiro atoms. The Morgan fingerprint density at radius 2 is 2.11 bits per heavy atom. The van der Waals surface area contributed by atoms with E-state index in [1.54, 1.807) is 0 Å². The van der Waals surface area contributed by atoms with Crippen molar-refractivity contribution >= 4 is 32.7 Å². The molecule has 0 unspecified atom stereocenters. The number of carbonyl (C=O) groups is 1. The van der Waals surface area contributed by atoms with Gasteiger partial charge in [-0.1, -0.05) is 37.8 Å². The first-order valence-electron chi connectivity index (χ1n) is 6.45. The molecule has 3 heteroatoms. The second-order valence-corrected chi connectivity index (χ2v) is 5.90. The van der Waals surface area contributed by atoms with Crippen LogP contribution in [0.3, 0.4) is 0 Å². The van der Waals surface area contributed by atoms with Crippen molar-refractivity contribution in [2.75, 3.05) is 0 Å². The highest BCUT2D eigenvalue weighted by atomic mass is 79.9. The van der Waals surface area contributed by atoms with E-state index in [9.17, 15) is 4.79 Å². The highest BCUT2D eigenvalue weighted by Crippen LogP contribution is 2.31. The summed E-state index contributed by atoms with van der Waals surface area (Å²) >= 11 is 3.44. The molecular weight excluding hydrogens is 292 g/mol. The van der Waals surface area contributed by atoms with E-state index < -0.39 is 0 Å². The van der Waals surface area contributed by atoms with Crippen molar-refractivity contribution < 1.29 is 9.21 Å². The zero-order valence-corrected chi connectivity index (χ0v) is 11.7. The molecule has 0 atom stereocenters. The molecule has 1 aromatic carbocycles. The van der Waals surface area contributed by atoms with Crippen molar-refractivity contribution in [3.05, 3.63) is 34.5 Å². The molecule has 1 aliphatic rings. The monoisotopic (exact) mass is 306 g/mol. The third-order valence-corrected chi connectivity index (χ3v) is 4.34. The molecule has 2 aromatic rings. The molecular formula is C15H15BrO2. The molecule has 1 fully saturated rings. The number of hydrogen-bond donors (Lipinski definition) is 0. The minimum absolute atomic E-state index is 0.144. The molecule has 1 aromatic heterocycles. The van der Waals surface area contributed by atoms with Crippen molar-refractivity contribution in [3.63, 3.8) is 0 Å². The van der Waals surface area contributed by atoms with Crippen LogP contribution in [0, 0.1) is 5.92 Å². The Labute approximate surface area is 114 Å². The van der Waals surface area contributed by atoms with E-state index in [1.807, 2.05) is 24.3 Å². The number of fused-ring (bicyclic) bond motifs is 1. The Morgan fingerprint density at radius 1 is 1.33 bits per heavy atom. The second kappa shape index (κ2) is 4.88. The number of carbonyl (C=O) groups excluding carboxylic acids is 1. The van der Waals surface area contributed by atoms with Gasteiger partial charge in [0.2, 0.25) is 0 Å². The van der Waals surface area contributed by atoms with Gasteiger partial charge >= 0.3 is 0 Å². The summed E-state index contributed by atoms with van der Waals surface area (Å²) in [5.74, 6) is 1.21. The smallest absolute Gasteiger partial charge is 0.198 e. The van der Waals surface area contributed by atoms with Gasteiger partial charge in [0.25, 0.3) is 0 Å². The van der Waals surface area contributed by atoms with Crippen LogP contribution in [-0.2, 0) is 0 Å². The molecule has 0 aliphatic heterocycles. The van der Waals surface area contributed by atoms with E-state index >= 15 is 0 Å². The first-order valence-corrected chi connectivity index (χ1v) is 7.24. The molecule has 0 amide bonds. The van der Waals surface area contributed by atoms with Crippen molar-refractivity contribution in [1.82, 2.24) is 0 Å². The second-order valence-electron chi connectivity index (χ2n) is 5.05. The maximum absolute atomic E-state index is 12.2. The number of halogens is 1. The molecule has 1 heterocycles. The maximum Gasteiger partial charge on any atom is 0.198 e. The number of furan rings is 1. The first-order chi connectivity index (χ1) is 8.74. The van der Waals surface area contributed by atoms with Gasteiger partial charge in [-0.15, -0.1) is 0 Å². The average molecular weight is 307 g/mol. The summed E-state index contributed by atoms with van der Waals surface area (Å²) in [4.78, 5) is 12.2. The molecule has 0 N–H and O–H groups in total. The molecule has 94 valence electrons. The third-order valence-electron chi connectivity index (χ3n) is 3.72. The standard InChI is InChI=1S/C15H15BrO2/c16-12-7-3-6-11-9-14(18-15(11)12)13(17)8-10-4-1-2-5-10/h3,6-7,9-10H,1-2,4-5,8H2. The minimum atomic E-state index is 0.144. The fraction of sp³-hybridized carbons (Fsp3) is 0.400. The van der Waals surface area contributed by atoms with Gasteiger partial charge in [-0.25, -0.2) is 0 Å². The lowest BCUT2D eigenvalue weighted by atomic mass is 10.00. The van der Waals surface area contributed by atoms with Crippen LogP contribution in [0.1, 0.15) is 42.7 Å². The highest BCUT2D eigenvalue weighted by Gasteiger charge is 2.21. The number of ketones is 1. The summed E-state index contributed by atoms with van der Waals surface area (Å²) in [5, 5.41) is 0.985. The zero-order valence-electron chi connectivity index (χ0n) is 10.1. The number of para-hydroxylation sites is 1. The predicted molar refractivity (Wildman–Crippen MR) is 74.8 cm³/mol. The van der Waals surface area contributed by atoms with Crippen LogP contribution in [0.5, 0.6) is 0 Å². The SMILES string of the molecule is O=C(CC1CCCC1)c1cc2cccc(Br)c2o1. The fourth-order valence-electron chi connectivity index (χ4n) is 2.74. The largest absolute Gasteiger partial charge is 0.452 e. The van der Waals surface area contributed by atoms with E-state index in [-0.39, 0.29) is 5.78 Å². The van der Waals surface area contributed by atoms with Gasteiger partial charge < -0.3 is 4.42 Å². The number of hydrogen-bond acceptors (Lipinski definition) is 2. The summed E-state index contributed by atoms with van der Waals surface area (Å²) in [6, 6.07) is 7.71. The van der Waals surface area contributed by atoms with Crippen LogP contribution in [0.2, 0.25) is 0 Å². The highest BCUT2D eigenvalue weighted by molar-refractivity contribution is 9.10. The van der Waals surface area contributed by atoms with Crippen LogP contribution in [0.25, 0.3) is 11.0 Å². The summed E-state index contributed by atoms with van der Waals surface area (Å²) in [6.07, 6.45) is 5.55. The topological polar surface area (TPSA) is 30.2 Å². The van der Waals surface area contributed by atoms with Crippen molar-refractivity contribution in [1.29, 1.82) is 0 Å². The Bertz CT molecular complexity index is 579. The van der Waals surface area contributed by atoms with Crippen molar-refractivity contribution in [3.8, 4) is 0 Å². The third kappa shape index (κ3) is 2.24. The molecule has 18 heavy (non-hydrogen) atoms. The molecule has 3 rings (SSSR count). The molecule has 2 nitrogen and oxygen atoms in total. The van der Waals surface area contributed by atoms with Crippen LogP contribution < -0.4 is 0 Å². The summed E-state index contributed by atoms with van der Waals surface area (Å²) < 4.78 is 6.58. The summed E-state index contributed by atoms with van der Waals surface area (Å²) in [6.45, 7) is 0. The van der Waals surface area contributed by atoms with Gasteiger partial charge in [-0.05, 0) is 34.0 Å². The summed E-state index contributed by atoms with van der Waals surface area (Å²) in [7, 11) is 0. The van der Waals surface area contributed by atoms with Gasteiger partial charge in [-0.2, -0.15) is 0 Å². The van der Waals surface area contributed by atoms with Crippen LogP contribution in [-0.4, -0.2) is 5.78 Å². The zero-order chi connectivity index (χ0) is 12.5. The fourth-order valence-corrected chi connectivity index (χ4v) is 3.20. The van der Waals surface area contributed by atoms with Gasteiger partial charge in [-0.3, -0.25) is 4.79 Å². The first kappa shape index (κ1) is 12.0. The normalized spacial score (nSPS) is 16.5. The number of benzene rings is 1. The summed E-state index contributed by atoms with van der Waals surface area (Å²) in [5.41, 5.74) is 0.771. The Hall–Kier alpha value is -1.09. The van der Waals surface area contributed by atoms with E-state index in [1.165, 1.54) is 25.7 Å². The lowest BCUT2D eigenvalue weighted by Crippen LogP contribution is -2.04. The minimum Gasteiger partial charge on any atom is -0.452 e. The Morgan fingerprint density at radius 3 is 2.83 bits per heavy atom. The van der Waals surface area contributed by atoms with Crippen molar-refractivity contribution in [2.45, 2.75) is 32.1 Å². The Balaban J connectivity index is 1.85. The number of rotatable bonds is 3. The van der Waals surface area contributed by atoms with Gasteiger partial charge in [0, 0.05) is 11.8 Å². The van der Waals surface area contributed by atoms with E-state index in [0.717, 1.165) is 15.4 Å². The Kier molecular flexibility index (Phi) is 3.25. The maximum atomic E-state index is 12.2. The molecule has 0 radical (unpaired) electrons.